The Morgan fingerprint density at radius 1 is 1.22 bits per heavy atom. The van der Waals surface area contributed by atoms with Gasteiger partial charge < -0.3 is 4.74 Å². The summed E-state index contributed by atoms with van der Waals surface area (Å²) in [6, 6.07) is 13.8. The molecular formula is C17H16FNO4. The van der Waals surface area contributed by atoms with Crippen molar-refractivity contribution < 1.29 is 18.8 Å². The van der Waals surface area contributed by atoms with Crippen LogP contribution in [-0.4, -0.2) is 17.8 Å². The minimum Gasteiger partial charge on any atom is -0.497 e. The Kier molecular flexibility index (Phi) is 5.05. The molecule has 0 aliphatic carbocycles. The van der Waals surface area contributed by atoms with Crippen molar-refractivity contribution >= 4 is 5.78 Å². The molecule has 2 aromatic rings. The average Bonchev–Trinajstić information content (AvgIpc) is 2.60. The van der Waals surface area contributed by atoms with Gasteiger partial charge in [-0.3, -0.25) is 14.9 Å². The predicted molar refractivity (Wildman–Crippen MR) is 82.8 cm³/mol. The van der Waals surface area contributed by atoms with Crippen LogP contribution in [0.15, 0.2) is 54.6 Å². The van der Waals surface area contributed by atoms with Crippen LogP contribution in [0.1, 0.15) is 28.8 Å². The molecule has 0 radical (unpaired) electrons. The van der Waals surface area contributed by atoms with Crippen molar-refractivity contribution in [1.29, 1.82) is 0 Å². The van der Waals surface area contributed by atoms with E-state index in [-0.39, 0.29) is 17.8 Å². The van der Waals surface area contributed by atoms with Crippen molar-refractivity contribution in [2.75, 3.05) is 7.11 Å². The van der Waals surface area contributed by atoms with Crippen molar-refractivity contribution in [2.24, 2.45) is 0 Å². The van der Waals surface area contributed by atoms with Gasteiger partial charge in [-0.2, -0.15) is 4.39 Å². The molecule has 0 N–H and O–H groups in total. The summed E-state index contributed by atoms with van der Waals surface area (Å²) in [6.45, 7) is 0. The third kappa shape index (κ3) is 3.71. The van der Waals surface area contributed by atoms with Crippen LogP contribution in [0, 0.1) is 10.1 Å². The van der Waals surface area contributed by atoms with E-state index in [0.717, 1.165) is 0 Å². The second-order valence-electron chi connectivity index (χ2n) is 5.04. The third-order valence-corrected chi connectivity index (χ3v) is 3.58. The summed E-state index contributed by atoms with van der Waals surface area (Å²) in [6.07, 6.45) is -0.806. The molecule has 1 unspecified atom stereocenters. The Bertz CT molecular complexity index is 705. The zero-order valence-corrected chi connectivity index (χ0v) is 12.6. The smallest absolute Gasteiger partial charge is 0.385 e. The Morgan fingerprint density at radius 3 is 2.52 bits per heavy atom. The first-order valence-electron chi connectivity index (χ1n) is 7.03. The van der Waals surface area contributed by atoms with E-state index in [9.17, 15) is 19.3 Å². The summed E-state index contributed by atoms with van der Waals surface area (Å²) in [5.74, 6) is -2.65. The fourth-order valence-electron chi connectivity index (χ4n) is 2.25. The van der Waals surface area contributed by atoms with Crippen molar-refractivity contribution in [3.05, 3.63) is 75.8 Å². The highest BCUT2D eigenvalue weighted by Crippen LogP contribution is 2.32. The van der Waals surface area contributed by atoms with Crippen LogP contribution >= 0.6 is 0 Å². The van der Waals surface area contributed by atoms with Gasteiger partial charge >= 0.3 is 5.79 Å². The number of hydrogen-bond donors (Lipinski definition) is 0. The molecule has 120 valence electrons. The van der Waals surface area contributed by atoms with Gasteiger partial charge in [-0.15, -0.1) is 0 Å². The molecule has 0 spiro atoms. The van der Waals surface area contributed by atoms with Gasteiger partial charge in [-0.1, -0.05) is 30.3 Å². The van der Waals surface area contributed by atoms with Gasteiger partial charge in [0.05, 0.1) is 24.0 Å². The summed E-state index contributed by atoms with van der Waals surface area (Å²) in [7, 11) is 1.47. The Morgan fingerprint density at radius 2 is 1.91 bits per heavy atom. The first-order valence-corrected chi connectivity index (χ1v) is 7.03. The summed E-state index contributed by atoms with van der Waals surface area (Å²) < 4.78 is 19.8. The summed E-state index contributed by atoms with van der Waals surface area (Å²) in [4.78, 5) is 22.4. The maximum atomic E-state index is 14.8. The van der Waals surface area contributed by atoms with E-state index >= 15 is 0 Å². The van der Waals surface area contributed by atoms with E-state index in [1.165, 1.54) is 37.4 Å². The Labute approximate surface area is 132 Å². The van der Waals surface area contributed by atoms with Crippen LogP contribution in [0.2, 0.25) is 0 Å². The number of Topliss-reactive ketones (excluding diaryl/α,β-unsaturated/α-hetero) is 1. The molecule has 0 aliphatic heterocycles. The minimum absolute atomic E-state index is 0.0663. The first kappa shape index (κ1) is 16.6. The molecule has 5 nitrogen and oxygen atoms in total. The van der Waals surface area contributed by atoms with Crippen LogP contribution in [-0.2, 0) is 5.79 Å². The number of ketones is 1. The second-order valence-corrected chi connectivity index (χ2v) is 5.04. The van der Waals surface area contributed by atoms with Crippen molar-refractivity contribution in [3.63, 3.8) is 0 Å². The van der Waals surface area contributed by atoms with Gasteiger partial charge in [0.1, 0.15) is 5.75 Å². The van der Waals surface area contributed by atoms with Gasteiger partial charge in [0, 0.05) is 12.0 Å². The molecule has 0 heterocycles. The van der Waals surface area contributed by atoms with E-state index in [1.54, 1.807) is 24.3 Å². The Hall–Kier alpha value is -2.76. The van der Waals surface area contributed by atoms with Crippen molar-refractivity contribution in [1.82, 2.24) is 0 Å². The summed E-state index contributed by atoms with van der Waals surface area (Å²) in [5, 5.41) is 11.2. The average molecular weight is 317 g/mol. The first-order chi connectivity index (χ1) is 11.0. The van der Waals surface area contributed by atoms with Crippen LogP contribution in [0.3, 0.4) is 0 Å². The SMILES string of the molecule is COc1cccc(C(=O)CCC(F)(c2ccccc2)[N+](=O)[O-])c1. The number of methoxy groups -OCH3 is 1. The lowest BCUT2D eigenvalue weighted by Gasteiger charge is -2.16. The minimum atomic E-state index is -2.78. The Balaban J connectivity index is 2.16. The quantitative estimate of drug-likeness (QED) is 0.337. The van der Waals surface area contributed by atoms with Crippen molar-refractivity contribution in [3.8, 4) is 5.75 Å². The number of ether oxygens (including phenoxy) is 1. The van der Waals surface area contributed by atoms with Crippen LogP contribution in [0.25, 0.3) is 0 Å². The molecule has 1 atom stereocenters. The molecule has 2 aromatic carbocycles. The molecule has 0 fully saturated rings. The normalized spacial score (nSPS) is 13.1. The number of alkyl halides is 1. The van der Waals surface area contributed by atoms with E-state index < -0.39 is 17.1 Å². The monoisotopic (exact) mass is 317 g/mol. The fraction of sp³-hybridized carbons (Fsp3) is 0.235. The van der Waals surface area contributed by atoms with Gasteiger partial charge in [-0.05, 0) is 24.3 Å². The van der Waals surface area contributed by atoms with E-state index in [4.69, 9.17) is 4.74 Å². The molecule has 0 saturated heterocycles. The molecule has 0 bridgehead atoms. The topological polar surface area (TPSA) is 69.4 Å². The third-order valence-electron chi connectivity index (χ3n) is 3.58. The zero-order valence-electron chi connectivity index (χ0n) is 12.6. The maximum Gasteiger partial charge on any atom is 0.385 e. The maximum absolute atomic E-state index is 14.8. The number of carbonyl (C=O) groups is 1. The lowest BCUT2D eigenvalue weighted by Crippen LogP contribution is -2.31. The van der Waals surface area contributed by atoms with Gasteiger partial charge in [0.15, 0.2) is 5.78 Å². The predicted octanol–water partition coefficient (Wildman–Crippen LogP) is 3.76. The van der Waals surface area contributed by atoms with Gasteiger partial charge in [0.2, 0.25) is 0 Å². The summed E-state index contributed by atoms with van der Waals surface area (Å²) >= 11 is 0. The summed E-state index contributed by atoms with van der Waals surface area (Å²) in [5.41, 5.74) is 0.270. The molecule has 6 heteroatoms. The molecule has 23 heavy (non-hydrogen) atoms. The largest absolute Gasteiger partial charge is 0.497 e. The number of nitro groups is 1. The number of nitrogens with zero attached hydrogens (tertiary/aromatic N) is 1. The standard InChI is InChI=1S/C17H16FNO4/c1-23-15-9-5-6-13(12-15)16(20)10-11-17(18,19(21)22)14-7-3-2-4-8-14/h2-9,12H,10-11H2,1H3. The highest BCUT2D eigenvalue weighted by molar-refractivity contribution is 5.96. The van der Waals surface area contributed by atoms with Crippen LogP contribution in [0.4, 0.5) is 4.39 Å². The number of halogens is 1. The van der Waals surface area contributed by atoms with Gasteiger partial charge in [-0.25, -0.2) is 0 Å². The van der Waals surface area contributed by atoms with E-state index in [2.05, 4.69) is 0 Å². The molecule has 0 aromatic heterocycles. The lowest BCUT2D eigenvalue weighted by molar-refractivity contribution is -0.618. The molecular weight excluding hydrogens is 301 g/mol. The highest BCUT2D eigenvalue weighted by Gasteiger charge is 2.45. The second kappa shape index (κ2) is 7.00. The number of rotatable bonds is 7. The molecule has 0 amide bonds. The van der Waals surface area contributed by atoms with E-state index in [1.807, 2.05) is 0 Å². The van der Waals surface area contributed by atoms with Crippen molar-refractivity contribution in [2.45, 2.75) is 18.6 Å². The lowest BCUT2D eigenvalue weighted by atomic mass is 9.96. The highest BCUT2D eigenvalue weighted by atomic mass is 19.1. The molecule has 2 rings (SSSR count). The van der Waals surface area contributed by atoms with Crippen LogP contribution in [0.5, 0.6) is 5.75 Å². The molecule has 0 aliphatic rings. The van der Waals surface area contributed by atoms with Crippen LogP contribution < -0.4 is 4.74 Å². The number of carbonyl (C=O) groups excluding carboxylic acids is 1. The fourth-order valence-corrected chi connectivity index (χ4v) is 2.25. The van der Waals surface area contributed by atoms with E-state index in [0.29, 0.717) is 11.3 Å². The van der Waals surface area contributed by atoms with Gasteiger partial charge in [0.25, 0.3) is 0 Å². The number of hydrogen-bond acceptors (Lipinski definition) is 4. The number of benzene rings is 2. The molecule has 0 saturated carbocycles. The zero-order chi connectivity index (χ0) is 16.9.